The van der Waals surface area contributed by atoms with Gasteiger partial charge >= 0.3 is 10.2 Å². The van der Waals surface area contributed by atoms with Gasteiger partial charge in [-0.1, -0.05) is 13.3 Å². The molecule has 0 bridgehead atoms. The van der Waals surface area contributed by atoms with E-state index < -0.39 is 10.2 Å². The summed E-state index contributed by atoms with van der Waals surface area (Å²) in [5.41, 5.74) is 11.7. The Balaban J connectivity index is 1.81. The van der Waals surface area contributed by atoms with E-state index in [1.807, 2.05) is 12.3 Å². The summed E-state index contributed by atoms with van der Waals surface area (Å²) in [4.78, 5) is 8.33. The zero-order chi connectivity index (χ0) is 19.9. The number of guanidine groups is 3. The fourth-order valence-corrected chi connectivity index (χ4v) is 4.71. The van der Waals surface area contributed by atoms with Crippen LogP contribution in [-0.4, -0.2) is 54.4 Å². The number of thiazole rings is 1. The van der Waals surface area contributed by atoms with E-state index in [9.17, 15) is 8.42 Å². The second-order valence-corrected chi connectivity index (χ2v) is 8.93. The van der Waals surface area contributed by atoms with Crippen molar-refractivity contribution < 1.29 is 8.42 Å². The second-order valence-electron chi connectivity index (χ2n) is 5.45. The minimum absolute atomic E-state index is 0.147. The molecule has 0 aliphatic carbocycles. The average Bonchev–Trinajstić information content (AvgIpc) is 2.99. The highest BCUT2D eigenvalue weighted by Crippen LogP contribution is 2.19. The topological polar surface area (TPSA) is 175 Å². The molecule has 0 radical (unpaired) electrons. The summed E-state index contributed by atoms with van der Waals surface area (Å²) in [6, 6.07) is 0. The molecule has 2 heterocycles. The van der Waals surface area contributed by atoms with Gasteiger partial charge in [-0.05, 0) is 6.42 Å². The van der Waals surface area contributed by atoms with E-state index in [0.717, 1.165) is 16.4 Å². The largest absolute Gasteiger partial charge is 0.370 e. The van der Waals surface area contributed by atoms with Crippen LogP contribution in [0.1, 0.15) is 25.5 Å². The minimum atomic E-state index is -3.83. The van der Waals surface area contributed by atoms with E-state index in [0.29, 0.717) is 36.1 Å². The number of hydrogen-bond acceptors (Lipinski definition) is 9. The van der Waals surface area contributed by atoms with Gasteiger partial charge in [0.25, 0.3) is 0 Å². The van der Waals surface area contributed by atoms with Crippen molar-refractivity contribution in [1.29, 1.82) is 5.41 Å². The number of aliphatic imine (C=N–C) groups is 1. The van der Waals surface area contributed by atoms with Crippen LogP contribution < -0.4 is 22.1 Å². The lowest BCUT2D eigenvalue weighted by Crippen LogP contribution is -2.48. The van der Waals surface area contributed by atoms with Gasteiger partial charge in [-0.2, -0.15) is 25.2 Å². The van der Waals surface area contributed by atoms with Gasteiger partial charge in [0, 0.05) is 30.0 Å². The number of thioether (sulfide) groups is 1. The van der Waals surface area contributed by atoms with Crippen LogP contribution in [0.25, 0.3) is 0 Å². The lowest BCUT2D eigenvalue weighted by Gasteiger charge is -2.26. The molecular weight excluding hydrogens is 410 g/mol. The molecule has 11 nitrogen and oxygen atoms in total. The quantitative estimate of drug-likeness (QED) is 0.210. The van der Waals surface area contributed by atoms with E-state index in [1.54, 1.807) is 11.8 Å². The highest BCUT2D eigenvalue weighted by atomic mass is 32.2. The monoisotopic (exact) mass is 433 g/mol. The first-order chi connectivity index (χ1) is 12.8. The summed E-state index contributed by atoms with van der Waals surface area (Å²) >= 11 is 3.01. The third-order valence-corrected chi connectivity index (χ3v) is 6.36. The van der Waals surface area contributed by atoms with Gasteiger partial charge in [0.1, 0.15) is 0 Å². The fourth-order valence-electron chi connectivity index (χ4n) is 2.07. The fraction of sp³-hybridized carbons (Fsp3) is 0.538. The van der Waals surface area contributed by atoms with Gasteiger partial charge < -0.3 is 22.1 Å². The molecule has 0 fully saturated rings. The molecule has 1 aromatic rings. The summed E-state index contributed by atoms with van der Waals surface area (Å²) in [5.74, 6) is 1.19. The first-order valence-electron chi connectivity index (χ1n) is 8.15. The number of unbranched alkanes of at least 4 members (excludes halogenated alkanes) is 1. The molecule has 2 rings (SSSR count). The average molecular weight is 434 g/mol. The maximum atomic E-state index is 12.2. The number of hydrogen-bond donors (Lipinski definition) is 5. The molecule has 27 heavy (non-hydrogen) atoms. The molecule has 0 saturated heterocycles. The summed E-state index contributed by atoms with van der Waals surface area (Å²) in [5, 5.41) is 15.3. The third-order valence-electron chi connectivity index (χ3n) is 3.23. The molecule has 7 N–H and O–H groups in total. The van der Waals surface area contributed by atoms with Gasteiger partial charge in [0.15, 0.2) is 11.1 Å². The van der Waals surface area contributed by atoms with E-state index in [4.69, 9.17) is 16.9 Å². The van der Waals surface area contributed by atoms with Crippen molar-refractivity contribution in [2.75, 3.05) is 24.2 Å². The van der Waals surface area contributed by atoms with Crippen molar-refractivity contribution in [2.24, 2.45) is 20.9 Å². The Labute approximate surface area is 166 Å². The van der Waals surface area contributed by atoms with E-state index in [-0.39, 0.29) is 17.9 Å². The predicted octanol–water partition coefficient (Wildman–Crippen LogP) is 0.302. The van der Waals surface area contributed by atoms with E-state index in [2.05, 4.69) is 25.0 Å². The highest BCUT2D eigenvalue weighted by Gasteiger charge is 2.29. The van der Waals surface area contributed by atoms with Crippen molar-refractivity contribution in [2.45, 2.75) is 25.5 Å². The number of nitrogens with two attached hydrogens (primary N) is 2. The summed E-state index contributed by atoms with van der Waals surface area (Å²) in [7, 11) is -3.83. The number of nitrogens with zero attached hydrogens (tertiary/aromatic N) is 4. The first-order valence-corrected chi connectivity index (χ1v) is 11.6. The summed E-state index contributed by atoms with van der Waals surface area (Å²) < 4.78 is 28.9. The van der Waals surface area contributed by atoms with Crippen LogP contribution in [0.5, 0.6) is 0 Å². The Kier molecular flexibility index (Phi) is 7.67. The van der Waals surface area contributed by atoms with Gasteiger partial charge in [-0.3, -0.25) is 5.41 Å². The van der Waals surface area contributed by atoms with Gasteiger partial charge in [0.2, 0.25) is 11.9 Å². The van der Waals surface area contributed by atoms with Gasteiger partial charge in [0.05, 0.1) is 5.69 Å². The normalized spacial score (nSPS) is 15.8. The molecule has 0 atom stereocenters. The van der Waals surface area contributed by atoms with Crippen LogP contribution in [-0.2, 0) is 16.0 Å². The second kappa shape index (κ2) is 9.75. The molecule has 0 spiro atoms. The van der Waals surface area contributed by atoms with Crippen LogP contribution in [0.4, 0.5) is 5.13 Å². The van der Waals surface area contributed by atoms with Crippen LogP contribution >= 0.6 is 23.1 Å². The first kappa shape index (κ1) is 21.2. The lowest BCUT2D eigenvalue weighted by molar-refractivity contribution is 0.500. The molecule has 0 unspecified atom stereocenters. The summed E-state index contributed by atoms with van der Waals surface area (Å²) in [6.07, 6.45) is 1.55. The molecule has 1 aromatic heterocycles. The minimum Gasteiger partial charge on any atom is -0.370 e. The Bertz CT molecular complexity index is 819. The van der Waals surface area contributed by atoms with Crippen LogP contribution in [0, 0.1) is 5.41 Å². The Morgan fingerprint density at radius 1 is 1.48 bits per heavy atom. The predicted molar refractivity (Wildman–Crippen MR) is 111 cm³/mol. The van der Waals surface area contributed by atoms with Crippen LogP contribution in [0.2, 0.25) is 0 Å². The maximum absolute atomic E-state index is 12.2. The van der Waals surface area contributed by atoms with E-state index in [1.165, 1.54) is 11.3 Å². The van der Waals surface area contributed by atoms with E-state index >= 15 is 0 Å². The number of aromatic nitrogens is 1. The molecular formula is C13H23N9O2S3. The molecule has 150 valence electrons. The molecule has 0 saturated carbocycles. The standard InChI is InChI=1S/C13H23N9O2S3/c1-2-3-5-22-12(20-11(16)21-27(22,23)24)17-4-6-25-7-9-8-26-13(18-9)19-10(14)15/h8H,2-7H2,1H3,(H4,14,15,18,19)(H3,16,17,20,21). The van der Waals surface area contributed by atoms with Crippen molar-refractivity contribution in [3.8, 4) is 0 Å². The summed E-state index contributed by atoms with van der Waals surface area (Å²) in [6.45, 7) is 2.79. The molecule has 1 aliphatic rings. The van der Waals surface area contributed by atoms with Crippen molar-refractivity contribution in [3.63, 3.8) is 0 Å². The SMILES string of the molecule is CCCCN1C(NCCSCc2csc(NC(=N)N)n2)=NC(N)=NS1(=O)=O. The number of nitrogens with one attached hydrogen (secondary N) is 3. The Morgan fingerprint density at radius 3 is 2.96 bits per heavy atom. The van der Waals surface area contributed by atoms with Gasteiger partial charge in [-0.25, -0.2) is 9.29 Å². The van der Waals surface area contributed by atoms with Gasteiger partial charge in [-0.15, -0.1) is 15.7 Å². The number of rotatable bonds is 9. The molecule has 0 aromatic carbocycles. The molecule has 14 heteroatoms. The Morgan fingerprint density at radius 2 is 2.26 bits per heavy atom. The smallest absolute Gasteiger partial charge is 0.350 e. The molecule has 0 amide bonds. The molecule has 1 aliphatic heterocycles. The van der Waals surface area contributed by atoms with Crippen LogP contribution in [0.3, 0.4) is 0 Å². The van der Waals surface area contributed by atoms with Crippen LogP contribution in [0.15, 0.2) is 14.8 Å². The maximum Gasteiger partial charge on any atom is 0.350 e. The zero-order valence-corrected chi connectivity index (χ0v) is 17.3. The highest BCUT2D eigenvalue weighted by molar-refractivity contribution is 7.98. The third kappa shape index (κ3) is 6.55. The van der Waals surface area contributed by atoms with Crippen molar-refractivity contribution in [3.05, 3.63) is 11.1 Å². The lowest BCUT2D eigenvalue weighted by atomic mass is 10.3. The Hall–Kier alpha value is -2.06. The van der Waals surface area contributed by atoms with Crippen molar-refractivity contribution >= 4 is 56.3 Å². The number of anilines is 1. The van der Waals surface area contributed by atoms with Crippen molar-refractivity contribution in [1.82, 2.24) is 14.6 Å². The zero-order valence-electron chi connectivity index (χ0n) is 14.8.